The molecule has 8 nitrogen and oxygen atoms in total. The maximum absolute atomic E-state index is 13.3. The normalized spacial score (nSPS) is 14.5. The van der Waals surface area contributed by atoms with E-state index in [-0.39, 0.29) is 11.6 Å². The molecule has 5 rings (SSSR count). The number of urea groups is 1. The number of nitrogens with one attached hydrogen (secondary N) is 1. The van der Waals surface area contributed by atoms with E-state index >= 15 is 0 Å². The van der Waals surface area contributed by atoms with E-state index in [2.05, 4.69) is 20.3 Å². The van der Waals surface area contributed by atoms with E-state index in [1.807, 2.05) is 18.2 Å². The molecular formula is C23H20ClFN6O2S. The number of hydrogen-bond acceptors (Lipinski definition) is 6. The van der Waals surface area contributed by atoms with Crippen LogP contribution in [0.3, 0.4) is 0 Å². The zero-order valence-corrected chi connectivity index (χ0v) is 19.5. The molecule has 1 aliphatic rings. The second-order valence-corrected chi connectivity index (χ2v) is 9.23. The lowest BCUT2D eigenvalue weighted by Crippen LogP contribution is -2.49. The Bertz CT molecular complexity index is 1420. The van der Waals surface area contributed by atoms with E-state index < -0.39 is 5.82 Å². The summed E-state index contributed by atoms with van der Waals surface area (Å²) >= 11 is 7.59. The van der Waals surface area contributed by atoms with Crippen molar-refractivity contribution in [2.24, 2.45) is 0 Å². The van der Waals surface area contributed by atoms with Crippen molar-refractivity contribution in [3.05, 3.63) is 81.5 Å². The maximum atomic E-state index is 13.3. The molecule has 1 saturated heterocycles. The number of aromatic nitrogens is 3. The van der Waals surface area contributed by atoms with Gasteiger partial charge in [0.05, 0.1) is 10.7 Å². The number of carbonyl (C=O) groups excluding carboxylic acids is 1. The van der Waals surface area contributed by atoms with Crippen molar-refractivity contribution in [3.8, 4) is 10.6 Å². The summed E-state index contributed by atoms with van der Waals surface area (Å²) in [4.78, 5) is 34.1. The predicted molar refractivity (Wildman–Crippen MR) is 130 cm³/mol. The zero-order valence-electron chi connectivity index (χ0n) is 17.9. The summed E-state index contributed by atoms with van der Waals surface area (Å²) in [7, 11) is 0. The third-order valence-electron chi connectivity index (χ3n) is 5.52. The number of benzene rings is 2. The van der Waals surface area contributed by atoms with Gasteiger partial charge in [0, 0.05) is 50.0 Å². The standard InChI is InChI=1S/C23H20ClFN6O2S/c24-19-7-2-1-6-18(19)21-28-31-20(32)13-17(27-23(31)34-21)14-29-8-10-30(11-9-29)22(33)26-16-5-3-4-15(25)12-16/h1-7,12-13H,8-11,14H2,(H,26,33). The molecule has 0 atom stereocenters. The minimum Gasteiger partial charge on any atom is -0.322 e. The van der Waals surface area contributed by atoms with Crippen LogP contribution in [0.1, 0.15) is 5.69 Å². The molecule has 0 unspecified atom stereocenters. The number of carbonyl (C=O) groups is 1. The van der Waals surface area contributed by atoms with E-state index in [1.54, 1.807) is 23.1 Å². The number of piperazine rings is 1. The van der Waals surface area contributed by atoms with Crippen LogP contribution in [0.2, 0.25) is 5.02 Å². The third kappa shape index (κ3) is 4.79. The first-order chi connectivity index (χ1) is 16.5. The molecule has 0 saturated carbocycles. The molecule has 2 aromatic heterocycles. The number of rotatable bonds is 4. The van der Waals surface area contributed by atoms with Crippen molar-refractivity contribution in [1.82, 2.24) is 24.4 Å². The van der Waals surface area contributed by atoms with Crippen molar-refractivity contribution >= 4 is 39.6 Å². The third-order valence-corrected chi connectivity index (χ3v) is 6.79. The van der Waals surface area contributed by atoms with E-state index in [1.165, 1.54) is 34.1 Å². The number of anilines is 1. The van der Waals surface area contributed by atoms with Gasteiger partial charge in [0.1, 0.15) is 10.8 Å². The van der Waals surface area contributed by atoms with Crippen LogP contribution in [0.5, 0.6) is 0 Å². The summed E-state index contributed by atoms with van der Waals surface area (Å²) < 4.78 is 14.6. The number of amides is 2. The summed E-state index contributed by atoms with van der Waals surface area (Å²) in [6, 6.07) is 14.4. The minimum absolute atomic E-state index is 0.248. The molecule has 1 N–H and O–H groups in total. The molecule has 4 aromatic rings. The van der Waals surface area contributed by atoms with Crippen LogP contribution in [0.15, 0.2) is 59.4 Å². The quantitative estimate of drug-likeness (QED) is 0.460. The second kappa shape index (κ2) is 9.49. The van der Waals surface area contributed by atoms with E-state index in [0.29, 0.717) is 59.1 Å². The molecule has 1 fully saturated rings. The molecule has 3 heterocycles. The first-order valence-electron chi connectivity index (χ1n) is 10.6. The predicted octanol–water partition coefficient (Wildman–Crippen LogP) is 3.96. The van der Waals surface area contributed by atoms with E-state index in [9.17, 15) is 14.0 Å². The zero-order chi connectivity index (χ0) is 23.7. The Morgan fingerprint density at radius 3 is 2.65 bits per heavy atom. The van der Waals surface area contributed by atoms with Crippen LogP contribution in [0, 0.1) is 5.82 Å². The van der Waals surface area contributed by atoms with Crippen molar-refractivity contribution in [2.45, 2.75) is 6.54 Å². The average Bonchev–Trinajstić information content (AvgIpc) is 3.24. The van der Waals surface area contributed by atoms with Gasteiger partial charge in [-0.15, -0.1) is 0 Å². The van der Waals surface area contributed by atoms with E-state index in [4.69, 9.17) is 11.6 Å². The van der Waals surface area contributed by atoms with Gasteiger partial charge in [-0.25, -0.2) is 14.2 Å². The van der Waals surface area contributed by atoms with E-state index in [0.717, 1.165) is 5.56 Å². The Balaban J connectivity index is 1.24. The topological polar surface area (TPSA) is 82.8 Å². The monoisotopic (exact) mass is 498 g/mol. The SMILES string of the molecule is O=C(Nc1cccc(F)c1)N1CCN(Cc2cc(=O)n3nc(-c4ccccc4Cl)sc3n2)CC1. The molecule has 2 amide bonds. The van der Waals surface area contributed by atoms with Crippen LogP contribution in [-0.4, -0.2) is 56.6 Å². The van der Waals surface area contributed by atoms with Crippen molar-refractivity contribution in [1.29, 1.82) is 0 Å². The van der Waals surface area contributed by atoms with Crippen molar-refractivity contribution in [3.63, 3.8) is 0 Å². The van der Waals surface area contributed by atoms with Crippen molar-refractivity contribution in [2.75, 3.05) is 31.5 Å². The molecule has 1 aliphatic heterocycles. The average molecular weight is 499 g/mol. The number of halogens is 2. The molecule has 2 aromatic carbocycles. The smallest absolute Gasteiger partial charge is 0.321 e. The van der Waals surface area contributed by atoms with Gasteiger partial charge in [-0.2, -0.15) is 9.61 Å². The number of fused-ring (bicyclic) bond motifs is 1. The minimum atomic E-state index is -0.400. The second-order valence-electron chi connectivity index (χ2n) is 7.87. The van der Waals surface area contributed by atoms with Crippen LogP contribution in [-0.2, 0) is 6.54 Å². The maximum Gasteiger partial charge on any atom is 0.321 e. The molecule has 0 radical (unpaired) electrons. The highest BCUT2D eigenvalue weighted by Gasteiger charge is 2.22. The Labute approximate surface area is 203 Å². The number of hydrogen-bond donors (Lipinski definition) is 1. The summed E-state index contributed by atoms with van der Waals surface area (Å²) in [5.41, 5.74) is 1.58. The molecule has 34 heavy (non-hydrogen) atoms. The fraction of sp³-hybridized carbons (Fsp3) is 0.217. The van der Waals surface area contributed by atoms with Gasteiger partial charge in [-0.3, -0.25) is 9.69 Å². The summed E-state index contributed by atoms with van der Waals surface area (Å²) in [6.07, 6.45) is 0. The molecule has 174 valence electrons. The van der Waals surface area contributed by atoms with Crippen LogP contribution >= 0.6 is 22.9 Å². The number of nitrogens with zero attached hydrogens (tertiary/aromatic N) is 5. The largest absolute Gasteiger partial charge is 0.322 e. The lowest BCUT2D eigenvalue weighted by molar-refractivity contribution is 0.142. The highest BCUT2D eigenvalue weighted by Crippen LogP contribution is 2.30. The van der Waals surface area contributed by atoms with Gasteiger partial charge < -0.3 is 10.2 Å². The molecule has 0 bridgehead atoms. The van der Waals surface area contributed by atoms with Gasteiger partial charge >= 0.3 is 6.03 Å². The Morgan fingerprint density at radius 1 is 1.09 bits per heavy atom. The Kier molecular flexibility index (Phi) is 6.27. The Hall–Kier alpha value is -3.34. The lowest BCUT2D eigenvalue weighted by Gasteiger charge is -2.34. The first-order valence-corrected chi connectivity index (χ1v) is 11.8. The highest BCUT2D eigenvalue weighted by molar-refractivity contribution is 7.19. The van der Waals surface area contributed by atoms with Crippen LogP contribution in [0.25, 0.3) is 15.5 Å². The van der Waals surface area contributed by atoms with Gasteiger partial charge in [0.25, 0.3) is 5.56 Å². The van der Waals surface area contributed by atoms with Gasteiger partial charge in [-0.05, 0) is 24.3 Å². The van der Waals surface area contributed by atoms with Gasteiger partial charge in [0.15, 0.2) is 0 Å². The molecule has 0 spiro atoms. The lowest BCUT2D eigenvalue weighted by atomic mass is 10.2. The fourth-order valence-corrected chi connectivity index (χ4v) is 5.03. The Morgan fingerprint density at radius 2 is 1.88 bits per heavy atom. The summed E-state index contributed by atoms with van der Waals surface area (Å²) in [5.74, 6) is -0.400. The molecule has 0 aliphatic carbocycles. The molecule has 11 heteroatoms. The first kappa shape index (κ1) is 22.5. The fourth-order valence-electron chi connectivity index (χ4n) is 3.79. The van der Waals surface area contributed by atoms with Crippen molar-refractivity contribution < 1.29 is 9.18 Å². The van der Waals surface area contributed by atoms with Crippen LogP contribution in [0.4, 0.5) is 14.9 Å². The van der Waals surface area contributed by atoms with Gasteiger partial charge in [-0.1, -0.05) is 47.2 Å². The summed E-state index contributed by atoms with van der Waals surface area (Å²) in [5, 5.41) is 8.30. The van der Waals surface area contributed by atoms with Gasteiger partial charge in [0.2, 0.25) is 4.96 Å². The summed E-state index contributed by atoms with van der Waals surface area (Å²) in [6.45, 7) is 2.78. The van der Waals surface area contributed by atoms with Crippen LogP contribution < -0.4 is 10.9 Å². The molecular weight excluding hydrogens is 479 g/mol. The highest BCUT2D eigenvalue weighted by atomic mass is 35.5.